The van der Waals surface area contributed by atoms with Gasteiger partial charge in [0.1, 0.15) is 12.5 Å². The maximum absolute atomic E-state index is 12.9. The van der Waals surface area contributed by atoms with Gasteiger partial charge in [0.15, 0.2) is 0 Å². The van der Waals surface area contributed by atoms with E-state index in [1.165, 1.54) is 6.07 Å². The molecular formula is C26H22ClF3N2O3. The Bertz CT molecular complexity index is 1340. The van der Waals surface area contributed by atoms with Crippen LogP contribution in [0.4, 0.5) is 13.2 Å². The Morgan fingerprint density at radius 3 is 2.49 bits per heavy atom. The molecule has 4 rings (SSSR count). The number of nitrogens with one attached hydrogen (secondary N) is 1. The molecule has 4 aromatic rings. The van der Waals surface area contributed by atoms with E-state index < -0.39 is 17.7 Å². The van der Waals surface area contributed by atoms with Crippen molar-refractivity contribution in [3.63, 3.8) is 0 Å². The van der Waals surface area contributed by atoms with Gasteiger partial charge in [0.05, 0.1) is 22.5 Å². The number of carboxylic acid groups (broad SMARTS) is 1. The molecule has 0 fully saturated rings. The van der Waals surface area contributed by atoms with E-state index >= 15 is 0 Å². The fourth-order valence-electron chi connectivity index (χ4n) is 3.87. The van der Waals surface area contributed by atoms with Crippen molar-refractivity contribution in [3.8, 4) is 5.75 Å². The first-order valence-corrected chi connectivity index (χ1v) is 11.1. The van der Waals surface area contributed by atoms with Crippen LogP contribution in [0.3, 0.4) is 0 Å². The largest absolute Gasteiger partial charge is 0.481 e. The van der Waals surface area contributed by atoms with Gasteiger partial charge >= 0.3 is 12.1 Å². The van der Waals surface area contributed by atoms with Gasteiger partial charge in [-0.15, -0.1) is 0 Å². The minimum atomic E-state index is -4.40. The van der Waals surface area contributed by atoms with Crippen LogP contribution in [0.15, 0.2) is 72.9 Å². The second kappa shape index (κ2) is 10.4. The molecule has 0 radical (unpaired) electrons. The topological polar surface area (TPSA) is 63.5 Å². The van der Waals surface area contributed by atoms with Crippen LogP contribution >= 0.6 is 11.6 Å². The molecule has 2 N–H and O–H groups in total. The van der Waals surface area contributed by atoms with E-state index in [-0.39, 0.29) is 19.7 Å². The zero-order chi connectivity index (χ0) is 25.0. The number of carboxylic acids is 1. The number of hydrogen-bond acceptors (Lipinski definition) is 3. The summed E-state index contributed by atoms with van der Waals surface area (Å²) in [4.78, 5) is 11.4. The van der Waals surface area contributed by atoms with Gasteiger partial charge in [-0.2, -0.15) is 13.2 Å². The first-order valence-electron chi connectivity index (χ1n) is 10.8. The standard InChI is InChI=1S/C26H22ClF3N2O3/c27-22-12-23-21(19(10-25(33)34)15-32(23)14-17-5-2-1-3-6-17)11-24(22)35-16-31-13-18-7-4-8-20(9-18)26(28,29)30/h1-9,11-12,15,31H,10,13-14,16H2,(H,33,34). The van der Waals surface area contributed by atoms with Gasteiger partial charge in [0.2, 0.25) is 0 Å². The Labute approximate surface area is 204 Å². The van der Waals surface area contributed by atoms with E-state index in [1.807, 2.05) is 34.9 Å². The number of aliphatic carboxylic acids is 1. The third kappa shape index (κ3) is 6.15. The quantitative estimate of drug-likeness (QED) is 0.214. The average molecular weight is 503 g/mol. The first kappa shape index (κ1) is 24.6. The summed E-state index contributed by atoms with van der Waals surface area (Å²) in [6.45, 7) is 0.716. The molecule has 0 saturated carbocycles. The lowest BCUT2D eigenvalue weighted by atomic mass is 10.1. The highest BCUT2D eigenvalue weighted by Gasteiger charge is 2.30. The van der Waals surface area contributed by atoms with Gasteiger partial charge in [0.25, 0.3) is 0 Å². The third-order valence-corrected chi connectivity index (χ3v) is 5.76. The van der Waals surface area contributed by atoms with Crippen LogP contribution in [-0.2, 0) is 30.5 Å². The minimum Gasteiger partial charge on any atom is -0.481 e. The van der Waals surface area contributed by atoms with Gasteiger partial charge in [-0.25, -0.2) is 0 Å². The lowest BCUT2D eigenvalue weighted by molar-refractivity contribution is -0.138. The molecule has 0 aliphatic heterocycles. The van der Waals surface area contributed by atoms with E-state index in [9.17, 15) is 23.1 Å². The normalized spacial score (nSPS) is 11.7. The molecule has 5 nitrogen and oxygen atoms in total. The average Bonchev–Trinajstić information content (AvgIpc) is 3.12. The molecule has 9 heteroatoms. The molecule has 0 saturated heterocycles. The number of aromatic nitrogens is 1. The summed E-state index contributed by atoms with van der Waals surface area (Å²) in [5, 5.41) is 13.3. The molecule has 0 atom stereocenters. The van der Waals surface area contributed by atoms with Crippen molar-refractivity contribution in [1.29, 1.82) is 0 Å². The molecule has 1 heterocycles. The van der Waals surface area contributed by atoms with Crippen LogP contribution < -0.4 is 10.1 Å². The van der Waals surface area contributed by atoms with Gasteiger partial charge in [-0.3, -0.25) is 10.1 Å². The molecule has 182 valence electrons. The molecule has 0 spiro atoms. The number of nitrogens with zero attached hydrogens (tertiary/aromatic N) is 1. The lowest BCUT2D eigenvalue weighted by Crippen LogP contribution is -2.20. The van der Waals surface area contributed by atoms with Gasteiger partial charge in [-0.1, -0.05) is 60.1 Å². The highest BCUT2D eigenvalue weighted by Crippen LogP contribution is 2.34. The number of rotatable bonds is 9. The van der Waals surface area contributed by atoms with Crippen LogP contribution in [0.2, 0.25) is 5.02 Å². The number of hydrogen-bond donors (Lipinski definition) is 2. The van der Waals surface area contributed by atoms with Crippen LogP contribution in [0.1, 0.15) is 22.3 Å². The summed E-state index contributed by atoms with van der Waals surface area (Å²) in [6.07, 6.45) is -2.76. The Balaban J connectivity index is 1.50. The van der Waals surface area contributed by atoms with Gasteiger partial charge in [-0.05, 0) is 34.9 Å². The fraction of sp³-hybridized carbons (Fsp3) is 0.192. The lowest BCUT2D eigenvalue weighted by Gasteiger charge is -2.12. The van der Waals surface area contributed by atoms with E-state index in [0.29, 0.717) is 33.8 Å². The van der Waals surface area contributed by atoms with Crippen molar-refractivity contribution in [1.82, 2.24) is 9.88 Å². The van der Waals surface area contributed by atoms with E-state index in [1.54, 1.807) is 24.4 Å². The predicted octanol–water partition coefficient (Wildman–Crippen LogP) is 6.12. The van der Waals surface area contributed by atoms with Gasteiger partial charge in [0, 0.05) is 24.7 Å². The third-order valence-electron chi connectivity index (χ3n) is 5.47. The van der Waals surface area contributed by atoms with E-state index in [2.05, 4.69) is 5.32 Å². The Morgan fingerprint density at radius 2 is 1.77 bits per heavy atom. The molecule has 35 heavy (non-hydrogen) atoms. The number of fused-ring (bicyclic) bond motifs is 1. The number of benzene rings is 3. The first-order chi connectivity index (χ1) is 16.7. The maximum atomic E-state index is 12.9. The number of alkyl halides is 3. The van der Waals surface area contributed by atoms with Crippen molar-refractivity contribution >= 4 is 28.5 Å². The Morgan fingerprint density at radius 1 is 1.03 bits per heavy atom. The van der Waals surface area contributed by atoms with Crippen molar-refractivity contribution in [2.45, 2.75) is 25.7 Å². The zero-order valence-electron chi connectivity index (χ0n) is 18.5. The van der Waals surface area contributed by atoms with Crippen LogP contribution in [0, 0.1) is 0 Å². The van der Waals surface area contributed by atoms with Crippen molar-refractivity contribution in [3.05, 3.63) is 100 Å². The summed E-state index contributed by atoms with van der Waals surface area (Å²) in [5.41, 5.74) is 2.21. The highest BCUT2D eigenvalue weighted by atomic mass is 35.5. The number of halogens is 4. The number of ether oxygens (including phenoxy) is 1. The Hall–Kier alpha value is -3.49. The monoisotopic (exact) mass is 502 g/mol. The summed E-state index contributed by atoms with van der Waals surface area (Å²) in [7, 11) is 0. The SMILES string of the molecule is O=C(O)Cc1cn(Cc2ccccc2)c2cc(Cl)c(OCNCc3cccc(C(F)(F)F)c3)cc12. The summed E-state index contributed by atoms with van der Waals surface area (Å²) in [5.74, 6) is -0.608. The van der Waals surface area contributed by atoms with Crippen molar-refractivity contribution in [2.24, 2.45) is 0 Å². The summed E-state index contributed by atoms with van der Waals surface area (Å²) < 4.78 is 46.3. The molecule has 0 aliphatic rings. The van der Waals surface area contributed by atoms with Crippen LogP contribution in [-0.4, -0.2) is 22.4 Å². The van der Waals surface area contributed by atoms with E-state index in [4.69, 9.17) is 16.3 Å². The molecule has 3 aromatic carbocycles. The van der Waals surface area contributed by atoms with Crippen LogP contribution in [0.5, 0.6) is 5.75 Å². The van der Waals surface area contributed by atoms with Crippen molar-refractivity contribution < 1.29 is 27.8 Å². The predicted molar refractivity (Wildman–Crippen MR) is 128 cm³/mol. The molecule has 0 amide bonds. The summed E-state index contributed by atoms with van der Waals surface area (Å²) >= 11 is 6.45. The highest BCUT2D eigenvalue weighted by molar-refractivity contribution is 6.32. The Kier molecular flexibility index (Phi) is 7.33. The molecule has 1 aromatic heterocycles. The smallest absolute Gasteiger partial charge is 0.416 e. The summed E-state index contributed by atoms with van der Waals surface area (Å²) in [6, 6.07) is 18.2. The number of carbonyl (C=O) groups is 1. The maximum Gasteiger partial charge on any atom is 0.416 e. The zero-order valence-corrected chi connectivity index (χ0v) is 19.2. The van der Waals surface area contributed by atoms with Gasteiger partial charge < -0.3 is 14.4 Å². The molecule has 0 aliphatic carbocycles. The second-order valence-electron chi connectivity index (χ2n) is 8.05. The van der Waals surface area contributed by atoms with Crippen molar-refractivity contribution in [2.75, 3.05) is 6.73 Å². The molecule has 0 bridgehead atoms. The molecule has 0 unspecified atom stereocenters. The molecular weight excluding hydrogens is 481 g/mol. The fourth-order valence-corrected chi connectivity index (χ4v) is 4.08. The minimum absolute atomic E-state index is 0.000456. The van der Waals surface area contributed by atoms with Crippen LogP contribution in [0.25, 0.3) is 10.9 Å². The van der Waals surface area contributed by atoms with E-state index in [0.717, 1.165) is 23.2 Å². The second-order valence-corrected chi connectivity index (χ2v) is 8.46.